The quantitative estimate of drug-likeness (QED) is 0.474. The van der Waals surface area contributed by atoms with Gasteiger partial charge < -0.3 is 14.4 Å². The van der Waals surface area contributed by atoms with Gasteiger partial charge in [0.15, 0.2) is 0 Å². The molecule has 0 unspecified atom stereocenters. The Morgan fingerprint density at radius 2 is 1.77 bits per heavy atom. The highest BCUT2D eigenvalue weighted by atomic mass is 79.9. The van der Waals surface area contributed by atoms with Gasteiger partial charge in [0, 0.05) is 25.0 Å². The predicted octanol–water partition coefficient (Wildman–Crippen LogP) is 4.75. The molecule has 1 saturated carbocycles. The number of carbonyl (C=O) groups is 1. The van der Waals surface area contributed by atoms with Crippen LogP contribution in [0.2, 0.25) is 0 Å². The minimum atomic E-state index is -0.430. The van der Waals surface area contributed by atoms with Gasteiger partial charge in [0.05, 0.1) is 6.10 Å². The summed E-state index contributed by atoms with van der Waals surface area (Å²) in [7, 11) is 1.85. The van der Waals surface area contributed by atoms with Crippen LogP contribution in [0.3, 0.4) is 0 Å². The molecule has 0 N–H and O–H groups in total. The summed E-state index contributed by atoms with van der Waals surface area (Å²) in [4.78, 5) is 13.8. The summed E-state index contributed by atoms with van der Waals surface area (Å²) in [5.41, 5.74) is -0.430. The zero-order chi connectivity index (χ0) is 16.6. The summed E-state index contributed by atoms with van der Waals surface area (Å²) in [5.74, 6) is 0. The number of hydrogen-bond donors (Lipinski definition) is 0. The smallest absolute Gasteiger partial charge is 0.410 e. The average molecular weight is 378 g/mol. The van der Waals surface area contributed by atoms with Crippen molar-refractivity contribution in [3.05, 3.63) is 0 Å². The monoisotopic (exact) mass is 377 g/mol. The highest BCUT2D eigenvalue weighted by molar-refractivity contribution is 9.09. The van der Waals surface area contributed by atoms with E-state index in [4.69, 9.17) is 9.47 Å². The molecule has 0 saturated heterocycles. The molecule has 1 amide bonds. The second-order valence-corrected chi connectivity index (χ2v) is 7.94. The highest BCUT2D eigenvalue weighted by Crippen LogP contribution is 2.25. The number of hydrogen-bond acceptors (Lipinski definition) is 3. The first-order valence-corrected chi connectivity index (χ1v) is 9.59. The van der Waals surface area contributed by atoms with Crippen molar-refractivity contribution in [2.45, 2.75) is 83.5 Å². The van der Waals surface area contributed by atoms with Crippen molar-refractivity contribution in [3.8, 4) is 0 Å². The zero-order valence-corrected chi connectivity index (χ0v) is 16.2. The van der Waals surface area contributed by atoms with Crippen LogP contribution >= 0.6 is 15.9 Å². The van der Waals surface area contributed by atoms with E-state index in [2.05, 4.69) is 15.9 Å². The second-order valence-electron chi connectivity index (χ2n) is 7.14. The minimum absolute atomic E-state index is 0.216. The number of unbranched alkanes of at least 4 members (excludes halogenated alkanes) is 2. The molecule has 4 nitrogen and oxygen atoms in total. The van der Waals surface area contributed by atoms with Crippen molar-refractivity contribution in [1.29, 1.82) is 0 Å². The van der Waals surface area contributed by atoms with Crippen molar-refractivity contribution < 1.29 is 14.3 Å². The number of carbonyl (C=O) groups excluding carboxylic acids is 1. The summed E-state index contributed by atoms with van der Waals surface area (Å²) >= 11 is 3.44. The number of rotatable bonds is 7. The van der Waals surface area contributed by atoms with Crippen molar-refractivity contribution in [2.75, 3.05) is 19.0 Å². The topological polar surface area (TPSA) is 38.8 Å². The summed E-state index contributed by atoms with van der Waals surface area (Å²) in [6.07, 6.45) is 7.82. The standard InChI is InChI=1S/C17H32BrNO3/c1-17(2,3)22-16(20)19(4)14-8-10-15(11-9-14)21-13-7-5-6-12-18/h14-15H,5-13H2,1-4H3/t14-,15-. The number of alkyl halides is 1. The molecular weight excluding hydrogens is 346 g/mol. The summed E-state index contributed by atoms with van der Waals surface area (Å²) < 4.78 is 11.4. The molecule has 130 valence electrons. The van der Waals surface area contributed by atoms with Crippen molar-refractivity contribution in [2.24, 2.45) is 0 Å². The Balaban J connectivity index is 2.22. The third-order valence-electron chi connectivity index (χ3n) is 4.00. The number of nitrogens with zero attached hydrogens (tertiary/aromatic N) is 1. The van der Waals surface area contributed by atoms with Gasteiger partial charge in [-0.05, 0) is 59.3 Å². The molecule has 0 heterocycles. The molecule has 5 heteroatoms. The molecular formula is C17H32BrNO3. The maximum absolute atomic E-state index is 12.1. The molecule has 0 bridgehead atoms. The van der Waals surface area contributed by atoms with E-state index in [9.17, 15) is 4.79 Å². The lowest BCUT2D eigenvalue weighted by Crippen LogP contribution is -2.43. The third-order valence-corrected chi connectivity index (χ3v) is 4.57. The molecule has 0 aromatic heterocycles. The molecule has 0 aromatic carbocycles. The first-order valence-electron chi connectivity index (χ1n) is 8.47. The van der Waals surface area contributed by atoms with E-state index in [1.807, 2.05) is 27.8 Å². The summed E-state index contributed by atoms with van der Waals surface area (Å²) in [5, 5.41) is 1.08. The molecule has 1 aliphatic rings. The number of amides is 1. The van der Waals surface area contributed by atoms with Gasteiger partial charge in [-0.25, -0.2) is 4.79 Å². The zero-order valence-electron chi connectivity index (χ0n) is 14.6. The highest BCUT2D eigenvalue weighted by Gasteiger charge is 2.29. The van der Waals surface area contributed by atoms with Gasteiger partial charge in [0.2, 0.25) is 0 Å². The van der Waals surface area contributed by atoms with Crippen molar-refractivity contribution in [1.82, 2.24) is 4.90 Å². The molecule has 1 fully saturated rings. The SMILES string of the molecule is CN(C(=O)OC(C)(C)C)[C@H]1CC[C@H](OCCCCCBr)CC1. The maximum atomic E-state index is 12.1. The molecule has 22 heavy (non-hydrogen) atoms. The van der Waals surface area contributed by atoms with Gasteiger partial charge in [-0.1, -0.05) is 22.4 Å². The van der Waals surface area contributed by atoms with Gasteiger partial charge in [0.25, 0.3) is 0 Å². The second kappa shape index (κ2) is 9.76. The van der Waals surface area contributed by atoms with Gasteiger partial charge in [-0.3, -0.25) is 0 Å². The number of halogens is 1. The lowest BCUT2D eigenvalue weighted by Gasteiger charge is -2.35. The molecule has 0 radical (unpaired) electrons. The Hall–Kier alpha value is -0.290. The molecule has 1 aliphatic carbocycles. The van der Waals surface area contributed by atoms with E-state index >= 15 is 0 Å². The third kappa shape index (κ3) is 7.82. The predicted molar refractivity (Wildman–Crippen MR) is 93.6 cm³/mol. The van der Waals surface area contributed by atoms with Crippen LogP contribution in [0, 0.1) is 0 Å². The van der Waals surface area contributed by atoms with Crippen LogP contribution in [0.25, 0.3) is 0 Å². The lowest BCUT2D eigenvalue weighted by molar-refractivity contribution is -0.00574. The fraction of sp³-hybridized carbons (Fsp3) is 0.941. The first-order chi connectivity index (χ1) is 10.3. The molecule has 0 aliphatic heterocycles. The van der Waals surface area contributed by atoms with Gasteiger partial charge in [-0.15, -0.1) is 0 Å². The Morgan fingerprint density at radius 3 is 2.32 bits per heavy atom. The molecule has 0 atom stereocenters. The Bertz CT molecular complexity index is 322. The fourth-order valence-corrected chi connectivity index (χ4v) is 3.10. The van der Waals surface area contributed by atoms with E-state index < -0.39 is 5.60 Å². The van der Waals surface area contributed by atoms with Gasteiger partial charge in [0.1, 0.15) is 5.60 Å². The summed E-state index contributed by atoms with van der Waals surface area (Å²) in [6, 6.07) is 0.281. The minimum Gasteiger partial charge on any atom is -0.444 e. The van der Waals surface area contributed by atoms with Crippen LogP contribution in [0.15, 0.2) is 0 Å². The summed E-state index contributed by atoms with van der Waals surface area (Å²) in [6.45, 7) is 6.57. The Kier molecular flexibility index (Phi) is 8.77. The first kappa shape index (κ1) is 19.8. The van der Waals surface area contributed by atoms with E-state index in [0.29, 0.717) is 6.10 Å². The molecule has 1 rings (SSSR count). The fourth-order valence-electron chi connectivity index (χ4n) is 2.71. The van der Waals surface area contributed by atoms with E-state index in [1.165, 1.54) is 12.8 Å². The maximum Gasteiger partial charge on any atom is 0.410 e. The van der Waals surface area contributed by atoms with Gasteiger partial charge in [-0.2, -0.15) is 0 Å². The van der Waals surface area contributed by atoms with E-state index in [1.54, 1.807) is 4.90 Å². The van der Waals surface area contributed by atoms with Crippen molar-refractivity contribution >= 4 is 22.0 Å². The lowest BCUT2D eigenvalue weighted by atomic mass is 9.92. The van der Waals surface area contributed by atoms with Crippen LogP contribution in [0.4, 0.5) is 4.79 Å². The average Bonchev–Trinajstić information content (AvgIpc) is 2.45. The normalized spacial score (nSPS) is 22.4. The van der Waals surface area contributed by atoms with Crippen LogP contribution in [0.5, 0.6) is 0 Å². The van der Waals surface area contributed by atoms with Crippen LogP contribution in [0.1, 0.15) is 65.7 Å². The van der Waals surface area contributed by atoms with E-state index in [-0.39, 0.29) is 12.1 Å². The van der Waals surface area contributed by atoms with E-state index in [0.717, 1.165) is 44.0 Å². The van der Waals surface area contributed by atoms with Gasteiger partial charge >= 0.3 is 6.09 Å². The van der Waals surface area contributed by atoms with Crippen molar-refractivity contribution in [3.63, 3.8) is 0 Å². The largest absolute Gasteiger partial charge is 0.444 e. The molecule has 0 aromatic rings. The number of ether oxygens (including phenoxy) is 2. The molecule has 0 spiro atoms. The Morgan fingerprint density at radius 1 is 1.14 bits per heavy atom. The van der Waals surface area contributed by atoms with Crippen LogP contribution < -0.4 is 0 Å². The van der Waals surface area contributed by atoms with Crippen LogP contribution in [-0.2, 0) is 9.47 Å². The Labute approximate surface area is 144 Å². The van der Waals surface area contributed by atoms with Crippen LogP contribution in [-0.4, -0.2) is 47.7 Å².